The van der Waals surface area contributed by atoms with E-state index in [4.69, 9.17) is 0 Å². The number of hydrogen-bond acceptors (Lipinski definition) is 2. The molecule has 0 aliphatic rings. The fourth-order valence-electron chi connectivity index (χ4n) is 1.72. The molecule has 0 aliphatic heterocycles. The molecule has 0 radical (unpaired) electrons. The van der Waals surface area contributed by atoms with Gasteiger partial charge in [0, 0.05) is 6.54 Å². The molecule has 1 rings (SSSR count). The first-order valence-corrected chi connectivity index (χ1v) is 5.67. The number of nitrogens with one attached hydrogen (secondary N) is 1. The summed E-state index contributed by atoms with van der Waals surface area (Å²) in [6.07, 6.45) is 0.567. The van der Waals surface area contributed by atoms with Crippen molar-refractivity contribution in [3.8, 4) is 0 Å². The summed E-state index contributed by atoms with van der Waals surface area (Å²) in [5, 5.41) is 12.9. The zero-order valence-electron chi connectivity index (χ0n) is 9.61. The molecule has 0 aliphatic carbocycles. The van der Waals surface area contributed by atoms with Gasteiger partial charge in [-0.3, -0.25) is 0 Å². The molecule has 0 spiro atoms. The van der Waals surface area contributed by atoms with E-state index in [2.05, 4.69) is 24.4 Å². The van der Waals surface area contributed by atoms with E-state index in [0.29, 0.717) is 12.5 Å². The molecule has 2 nitrogen and oxygen atoms in total. The minimum atomic E-state index is -0.250. The smallest absolute Gasteiger partial charge is 0.0670 e. The average Bonchev–Trinajstić information content (AvgIpc) is 2.27. The second kappa shape index (κ2) is 6.59. The first kappa shape index (κ1) is 12.2. The van der Waals surface area contributed by atoms with Crippen LogP contribution in [-0.4, -0.2) is 24.3 Å². The molecule has 0 aromatic heterocycles. The van der Waals surface area contributed by atoms with Crippen molar-refractivity contribution >= 4 is 0 Å². The molecule has 1 aromatic rings. The van der Waals surface area contributed by atoms with E-state index in [1.807, 2.05) is 25.1 Å². The van der Waals surface area contributed by atoms with E-state index >= 15 is 0 Å². The molecule has 1 aromatic carbocycles. The van der Waals surface area contributed by atoms with Crippen LogP contribution >= 0.6 is 0 Å². The second-order valence-corrected chi connectivity index (χ2v) is 4.01. The lowest BCUT2D eigenvalue weighted by Crippen LogP contribution is -2.27. The van der Waals surface area contributed by atoms with Gasteiger partial charge in [0.2, 0.25) is 0 Å². The molecule has 2 heteroatoms. The third kappa shape index (κ3) is 4.45. The fraction of sp³-hybridized carbons (Fsp3) is 0.538. The Balaban J connectivity index is 2.38. The lowest BCUT2D eigenvalue weighted by atomic mass is 9.95. The maximum Gasteiger partial charge on any atom is 0.0670 e. The van der Waals surface area contributed by atoms with Crippen molar-refractivity contribution < 1.29 is 5.11 Å². The molecule has 2 N–H and O–H groups in total. The Hall–Kier alpha value is -0.860. The molecule has 15 heavy (non-hydrogen) atoms. The van der Waals surface area contributed by atoms with Gasteiger partial charge in [0.1, 0.15) is 0 Å². The summed E-state index contributed by atoms with van der Waals surface area (Å²) >= 11 is 0. The lowest BCUT2D eigenvalue weighted by molar-refractivity contribution is 0.155. The Bertz CT molecular complexity index is 260. The lowest BCUT2D eigenvalue weighted by Gasteiger charge is -2.16. The van der Waals surface area contributed by atoms with Crippen LogP contribution in [-0.2, 0) is 0 Å². The summed E-state index contributed by atoms with van der Waals surface area (Å²) in [5.41, 5.74) is 1.30. The summed E-state index contributed by atoms with van der Waals surface area (Å²) in [6, 6.07) is 10.3. The van der Waals surface area contributed by atoms with E-state index < -0.39 is 0 Å². The number of aliphatic hydroxyl groups is 1. The standard InChI is InChI=1S/C13H21NO/c1-3-14-10-13(15)9-11(2)12-7-5-4-6-8-12/h4-8,11,13-15H,3,9-10H2,1-2H3. The predicted molar refractivity (Wildman–Crippen MR) is 64.0 cm³/mol. The van der Waals surface area contributed by atoms with Crippen molar-refractivity contribution in [1.29, 1.82) is 0 Å². The van der Waals surface area contributed by atoms with E-state index in [9.17, 15) is 5.11 Å². The first-order valence-electron chi connectivity index (χ1n) is 5.67. The van der Waals surface area contributed by atoms with Gasteiger partial charge in [-0.2, -0.15) is 0 Å². The Labute approximate surface area is 92.3 Å². The molecular weight excluding hydrogens is 186 g/mol. The van der Waals surface area contributed by atoms with Crippen LogP contribution < -0.4 is 5.32 Å². The number of likely N-dealkylation sites (N-methyl/N-ethyl adjacent to an activating group) is 1. The minimum Gasteiger partial charge on any atom is -0.392 e. The van der Waals surface area contributed by atoms with Gasteiger partial charge in [0.25, 0.3) is 0 Å². The Morgan fingerprint density at radius 3 is 2.53 bits per heavy atom. The molecule has 0 saturated heterocycles. The summed E-state index contributed by atoms with van der Waals surface area (Å²) in [5.74, 6) is 0.417. The molecule has 0 saturated carbocycles. The van der Waals surface area contributed by atoms with Gasteiger partial charge >= 0.3 is 0 Å². The van der Waals surface area contributed by atoms with Crippen LogP contribution in [0.5, 0.6) is 0 Å². The molecule has 0 amide bonds. The number of aliphatic hydroxyl groups excluding tert-OH is 1. The van der Waals surface area contributed by atoms with Crippen LogP contribution in [0.3, 0.4) is 0 Å². The third-order valence-corrected chi connectivity index (χ3v) is 2.62. The Morgan fingerprint density at radius 1 is 1.27 bits per heavy atom. The van der Waals surface area contributed by atoms with Gasteiger partial charge in [0.15, 0.2) is 0 Å². The van der Waals surface area contributed by atoms with E-state index in [-0.39, 0.29) is 6.10 Å². The number of benzene rings is 1. The summed E-state index contributed by atoms with van der Waals surface area (Å²) in [4.78, 5) is 0. The Morgan fingerprint density at radius 2 is 1.93 bits per heavy atom. The van der Waals surface area contributed by atoms with Crippen LogP contribution in [0.15, 0.2) is 30.3 Å². The Kier molecular flexibility index (Phi) is 5.37. The fourth-order valence-corrected chi connectivity index (χ4v) is 1.72. The zero-order chi connectivity index (χ0) is 11.1. The van der Waals surface area contributed by atoms with E-state index in [1.165, 1.54) is 5.56 Å². The van der Waals surface area contributed by atoms with Crippen molar-refractivity contribution in [1.82, 2.24) is 5.32 Å². The number of rotatable bonds is 6. The molecule has 2 atom stereocenters. The highest BCUT2D eigenvalue weighted by molar-refractivity contribution is 5.18. The summed E-state index contributed by atoms with van der Waals surface area (Å²) in [7, 11) is 0. The topological polar surface area (TPSA) is 32.3 Å². The highest BCUT2D eigenvalue weighted by Gasteiger charge is 2.10. The molecule has 2 unspecified atom stereocenters. The van der Waals surface area contributed by atoms with Crippen LogP contribution in [0.1, 0.15) is 31.7 Å². The third-order valence-electron chi connectivity index (χ3n) is 2.62. The molecule has 0 bridgehead atoms. The summed E-state index contributed by atoms with van der Waals surface area (Å²) in [6.45, 7) is 5.81. The largest absolute Gasteiger partial charge is 0.392 e. The van der Waals surface area contributed by atoms with Crippen molar-refractivity contribution in [3.05, 3.63) is 35.9 Å². The van der Waals surface area contributed by atoms with Crippen LogP contribution in [0.25, 0.3) is 0 Å². The minimum absolute atomic E-state index is 0.250. The van der Waals surface area contributed by atoms with Gasteiger partial charge < -0.3 is 10.4 Å². The van der Waals surface area contributed by atoms with Crippen LogP contribution in [0.4, 0.5) is 0 Å². The van der Waals surface area contributed by atoms with Gasteiger partial charge in [0.05, 0.1) is 6.10 Å². The van der Waals surface area contributed by atoms with Gasteiger partial charge in [-0.1, -0.05) is 44.2 Å². The van der Waals surface area contributed by atoms with Crippen molar-refractivity contribution in [2.24, 2.45) is 0 Å². The molecule has 0 heterocycles. The van der Waals surface area contributed by atoms with Gasteiger partial charge in [-0.25, -0.2) is 0 Å². The first-order chi connectivity index (χ1) is 7.24. The maximum atomic E-state index is 9.75. The van der Waals surface area contributed by atoms with Crippen LogP contribution in [0.2, 0.25) is 0 Å². The van der Waals surface area contributed by atoms with Crippen molar-refractivity contribution in [2.75, 3.05) is 13.1 Å². The van der Waals surface area contributed by atoms with Crippen molar-refractivity contribution in [2.45, 2.75) is 32.3 Å². The molecular formula is C13H21NO. The quantitative estimate of drug-likeness (QED) is 0.749. The molecule has 84 valence electrons. The zero-order valence-corrected chi connectivity index (χ0v) is 9.61. The van der Waals surface area contributed by atoms with E-state index in [1.54, 1.807) is 0 Å². The van der Waals surface area contributed by atoms with Crippen LogP contribution in [0, 0.1) is 0 Å². The highest BCUT2D eigenvalue weighted by atomic mass is 16.3. The predicted octanol–water partition coefficient (Wildman–Crippen LogP) is 2.15. The maximum absolute atomic E-state index is 9.75. The number of hydrogen-bond donors (Lipinski definition) is 2. The second-order valence-electron chi connectivity index (χ2n) is 4.01. The van der Waals surface area contributed by atoms with Gasteiger partial charge in [-0.15, -0.1) is 0 Å². The monoisotopic (exact) mass is 207 g/mol. The molecule has 0 fully saturated rings. The van der Waals surface area contributed by atoms with E-state index in [0.717, 1.165) is 13.0 Å². The average molecular weight is 207 g/mol. The normalized spacial score (nSPS) is 14.9. The van der Waals surface area contributed by atoms with Crippen molar-refractivity contribution in [3.63, 3.8) is 0 Å². The summed E-state index contributed by atoms with van der Waals surface area (Å²) < 4.78 is 0. The van der Waals surface area contributed by atoms with Gasteiger partial charge in [-0.05, 0) is 24.4 Å². The SMILES string of the molecule is CCNCC(O)CC(C)c1ccccc1. The highest BCUT2D eigenvalue weighted by Crippen LogP contribution is 2.19.